The molecule has 0 amide bonds. The van der Waals surface area contributed by atoms with Gasteiger partial charge in [0.25, 0.3) is 0 Å². The molecule has 15 heavy (non-hydrogen) atoms. The highest BCUT2D eigenvalue weighted by Gasteiger charge is 1.88. The Morgan fingerprint density at radius 2 is 1.87 bits per heavy atom. The van der Waals surface area contributed by atoms with E-state index in [1.165, 1.54) is 17.5 Å². The Balaban J connectivity index is 2.36. The van der Waals surface area contributed by atoms with Crippen LogP contribution in [0.15, 0.2) is 30.3 Å². The number of hydrogen-bond donors (Lipinski definition) is 1. The van der Waals surface area contributed by atoms with Crippen molar-refractivity contribution in [3.05, 3.63) is 41.5 Å². The first kappa shape index (κ1) is 12.0. The fraction of sp³-hybridized carbons (Fsp3) is 0.429. The standard InChI is InChI=1S/C14H21N/c1-3-11-15-12-5-6-14-9-7-13(4-2)8-10-14/h5-10,15H,3-4,11-12H2,1-2H3. The molecule has 0 aromatic heterocycles. The maximum atomic E-state index is 3.34. The maximum absolute atomic E-state index is 3.34. The van der Waals surface area contributed by atoms with Crippen molar-refractivity contribution in [1.29, 1.82) is 0 Å². The van der Waals surface area contributed by atoms with Crippen molar-refractivity contribution < 1.29 is 0 Å². The van der Waals surface area contributed by atoms with Crippen LogP contribution in [0.3, 0.4) is 0 Å². The van der Waals surface area contributed by atoms with Gasteiger partial charge in [0.1, 0.15) is 0 Å². The monoisotopic (exact) mass is 203 g/mol. The summed E-state index contributed by atoms with van der Waals surface area (Å²) in [5.41, 5.74) is 2.68. The van der Waals surface area contributed by atoms with Gasteiger partial charge in [0.05, 0.1) is 0 Å². The zero-order valence-corrected chi connectivity index (χ0v) is 9.79. The van der Waals surface area contributed by atoms with Gasteiger partial charge in [0.2, 0.25) is 0 Å². The van der Waals surface area contributed by atoms with Gasteiger partial charge in [0.15, 0.2) is 0 Å². The molecule has 1 aromatic rings. The molecule has 1 rings (SSSR count). The van der Waals surface area contributed by atoms with Gasteiger partial charge in [-0.1, -0.05) is 50.3 Å². The predicted octanol–water partition coefficient (Wildman–Crippen LogP) is 3.26. The lowest BCUT2D eigenvalue weighted by Gasteiger charge is -1.98. The Morgan fingerprint density at radius 3 is 2.47 bits per heavy atom. The number of rotatable bonds is 6. The first-order valence-electron chi connectivity index (χ1n) is 5.83. The van der Waals surface area contributed by atoms with Crippen molar-refractivity contribution in [2.24, 2.45) is 0 Å². The lowest BCUT2D eigenvalue weighted by atomic mass is 10.1. The molecule has 1 N–H and O–H groups in total. The Kier molecular flexibility index (Phi) is 5.79. The normalized spacial score (nSPS) is 11.1. The van der Waals surface area contributed by atoms with Crippen molar-refractivity contribution in [2.75, 3.05) is 13.1 Å². The van der Waals surface area contributed by atoms with Crippen LogP contribution in [0.5, 0.6) is 0 Å². The van der Waals surface area contributed by atoms with Crippen LogP contribution in [0.25, 0.3) is 6.08 Å². The highest BCUT2D eigenvalue weighted by molar-refractivity contribution is 5.49. The third kappa shape index (κ3) is 4.80. The molecule has 0 spiro atoms. The van der Waals surface area contributed by atoms with E-state index in [2.05, 4.69) is 55.6 Å². The quantitative estimate of drug-likeness (QED) is 0.700. The number of hydrogen-bond acceptors (Lipinski definition) is 1. The van der Waals surface area contributed by atoms with Crippen molar-refractivity contribution in [3.8, 4) is 0 Å². The molecule has 1 aromatic carbocycles. The molecule has 0 fully saturated rings. The second-order valence-electron chi connectivity index (χ2n) is 3.70. The van der Waals surface area contributed by atoms with E-state index >= 15 is 0 Å². The van der Waals surface area contributed by atoms with E-state index in [-0.39, 0.29) is 0 Å². The SMILES string of the molecule is CCCNCC=Cc1ccc(CC)cc1. The lowest BCUT2D eigenvalue weighted by Crippen LogP contribution is -2.13. The van der Waals surface area contributed by atoms with E-state index in [9.17, 15) is 0 Å². The van der Waals surface area contributed by atoms with Crippen LogP contribution in [0, 0.1) is 0 Å². The van der Waals surface area contributed by atoms with Gasteiger partial charge in [-0.15, -0.1) is 0 Å². The lowest BCUT2D eigenvalue weighted by molar-refractivity contribution is 0.730. The molecule has 0 aliphatic carbocycles. The summed E-state index contributed by atoms with van der Waals surface area (Å²) in [6.07, 6.45) is 6.65. The molecule has 0 aliphatic rings. The molecule has 0 saturated heterocycles. The van der Waals surface area contributed by atoms with Gasteiger partial charge < -0.3 is 5.32 Å². The molecule has 0 unspecified atom stereocenters. The van der Waals surface area contributed by atoms with E-state index in [1.807, 2.05) is 0 Å². The van der Waals surface area contributed by atoms with E-state index in [0.717, 1.165) is 19.5 Å². The summed E-state index contributed by atoms with van der Waals surface area (Å²) in [4.78, 5) is 0. The molecule has 0 aliphatic heterocycles. The van der Waals surface area contributed by atoms with Crippen LogP contribution in [0.1, 0.15) is 31.4 Å². The summed E-state index contributed by atoms with van der Waals surface area (Å²) in [6, 6.07) is 8.74. The molecular formula is C14H21N. The molecular weight excluding hydrogens is 182 g/mol. The summed E-state index contributed by atoms with van der Waals surface area (Å²) in [6.45, 7) is 6.42. The molecule has 82 valence electrons. The van der Waals surface area contributed by atoms with Gasteiger partial charge in [-0.2, -0.15) is 0 Å². The third-order valence-electron chi connectivity index (χ3n) is 2.39. The van der Waals surface area contributed by atoms with Crippen LogP contribution in [0.4, 0.5) is 0 Å². The van der Waals surface area contributed by atoms with Gasteiger partial charge in [0, 0.05) is 6.54 Å². The Labute approximate surface area is 93.2 Å². The molecule has 0 radical (unpaired) electrons. The minimum atomic E-state index is 0.962. The van der Waals surface area contributed by atoms with Crippen molar-refractivity contribution in [3.63, 3.8) is 0 Å². The van der Waals surface area contributed by atoms with Crippen molar-refractivity contribution in [1.82, 2.24) is 5.32 Å². The zero-order valence-electron chi connectivity index (χ0n) is 9.79. The van der Waals surface area contributed by atoms with Gasteiger partial charge in [-0.3, -0.25) is 0 Å². The highest BCUT2D eigenvalue weighted by Crippen LogP contribution is 2.06. The summed E-state index contributed by atoms with van der Waals surface area (Å²) in [7, 11) is 0. The topological polar surface area (TPSA) is 12.0 Å². The summed E-state index contributed by atoms with van der Waals surface area (Å²) in [5, 5.41) is 3.34. The summed E-state index contributed by atoms with van der Waals surface area (Å²) >= 11 is 0. The van der Waals surface area contributed by atoms with Crippen LogP contribution in [-0.2, 0) is 6.42 Å². The van der Waals surface area contributed by atoms with E-state index in [1.54, 1.807) is 0 Å². The number of aryl methyl sites for hydroxylation is 1. The summed E-state index contributed by atoms with van der Waals surface area (Å²) in [5.74, 6) is 0. The third-order valence-corrected chi connectivity index (χ3v) is 2.39. The van der Waals surface area contributed by atoms with Crippen molar-refractivity contribution >= 4 is 6.08 Å². The van der Waals surface area contributed by atoms with E-state index in [0.29, 0.717) is 0 Å². The number of nitrogens with one attached hydrogen (secondary N) is 1. The second kappa shape index (κ2) is 7.24. The first-order chi connectivity index (χ1) is 7.36. The van der Waals surface area contributed by atoms with E-state index in [4.69, 9.17) is 0 Å². The average molecular weight is 203 g/mol. The van der Waals surface area contributed by atoms with E-state index < -0.39 is 0 Å². The molecule has 1 nitrogen and oxygen atoms in total. The first-order valence-corrected chi connectivity index (χ1v) is 5.83. The second-order valence-corrected chi connectivity index (χ2v) is 3.70. The average Bonchev–Trinajstić information content (AvgIpc) is 2.30. The van der Waals surface area contributed by atoms with Crippen LogP contribution in [0.2, 0.25) is 0 Å². The van der Waals surface area contributed by atoms with Gasteiger partial charge in [-0.25, -0.2) is 0 Å². The molecule has 1 heteroatoms. The van der Waals surface area contributed by atoms with Gasteiger partial charge >= 0.3 is 0 Å². The van der Waals surface area contributed by atoms with Crippen molar-refractivity contribution in [2.45, 2.75) is 26.7 Å². The highest BCUT2D eigenvalue weighted by atomic mass is 14.8. The Morgan fingerprint density at radius 1 is 1.13 bits per heavy atom. The van der Waals surface area contributed by atoms with Gasteiger partial charge in [-0.05, 0) is 30.5 Å². The van der Waals surface area contributed by atoms with Crippen LogP contribution in [-0.4, -0.2) is 13.1 Å². The minimum Gasteiger partial charge on any atom is -0.313 e. The van der Waals surface area contributed by atoms with Crippen LogP contribution < -0.4 is 5.32 Å². The number of benzene rings is 1. The molecule has 0 bridgehead atoms. The molecule has 0 saturated carbocycles. The maximum Gasteiger partial charge on any atom is 0.0138 e. The smallest absolute Gasteiger partial charge is 0.0138 e. The Bertz CT molecular complexity index is 285. The predicted molar refractivity (Wildman–Crippen MR) is 68.0 cm³/mol. The largest absolute Gasteiger partial charge is 0.313 e. The summed E-state index contributed by atoms with van der Waals surface area (Å²) < 4.78 is 0. The fourth-order valence-corrected chi connectivity index (χ4v) is 1.42. The minimum absolute atomic E-state index is 0.962. The Hall–Kier alpha value is -1.08. The fourth-order valence-electron chi connectivity index (χ4n) is 1.42. The molecule has 0 atom stereocenters. The zero-order chi connectivity index (χ0) is 10.9. The van der Waals surface area contributed by atoms with Crippen LogP contribution >= 0.6 is 0 Å². The molecule has 0 heterocycles.